The smallest absolute Gasteiger partial charge is 0.0643 e. The van der Waals surface area contributed by atoms with E-state index in [0.717, 1.165) is 24.0 Å². The van der Waals surface area contributed by atoms with E-state index >= 15 is 0 Å². The van der Waals surface area contributed by atoms with Crippen molar-refractivity contribution in [2.75, 3.05) is 25.0 Å². The molecule has 2 rings (SSSR count). The maximum Gasteiger partial charge on any atom is 0.0643 e. The predicted octanol–water partition coefficient (Wildman–Crippen LogP) is 3.26. The van der Waals surface area contributed by atoms with Crippen LogP contribution in [0.3, 0.4) is 0 Å². The largest absolute Gasteiger partial charge is 0.363 e. The third-order valence-electron chi connectivity index (χ3n) is 3.77. The van der Waals surface area contributed by atoms with Crippen LogP contribution in [0.2, 0.25) is 0 Å². The van der Waals surface area contributed by atoms with Crippen molar-refractivity contribution < 1.29 is 0 Å². The van der Waals surface area contributed by atoms with Crippen molar-refractivity contribution in [3.05, 3.63) is 28.7 Å². The number of hydrogen-bond acceptors (Lipinski definition) is 3. The van der Waals surface area contributed by atoms with Crippen molar-refractivity contribution >= 4 is 21.6 Å². The van der Waals surface area contributed by atoms with E-state index in [1.54, 1.807) is 0 Å². The predicted molar refractivity (Wildman–Crippen MR) is 82.2 cm³/mol. The first-order valence-corrected chi connectivity index (χ1v) is 7.50. The zero-order valence-corrected chi connectivity index (χ0v) is 13.1. The van der Waals surface area contributed by atoms with E-state index in [4.69, 9.17) is 5.26 Å². The lowest BCUT2D eigenvalue weighted by molar-refractivity contribution is 0.331. The molecule has 102 valence electrons. The molecule has 0 bridgehead atoms. The van der Waals surface area contributed by atoms with E-state index in [2.05, 4.69) is 70.0 Å². The highest BCUT2D eigenvalue weighted by Crippen LogP contribution is 2.27. The molecular formula is C15H20BrN3. The highest BCUT2D eigenvalue weighted by atomic mass is 79.9. The Kier molecular flexibility index (Phi) is 4.84. The molecule has 3 nitrogen and oxygen atoms in total. The highest BCUT2D eigenvalue weighted by Gasteiger charge is 2.28. The Morgan fingerprint density at radius 3 is 2.68 bits per heavy atom. The quantitative estimate of drug-likeness (QED) is 0.837. The van der Waals surface area contributed by atoms with Gasteiger partial charge in [-0.3, -0.25) is 0 Å². The Hall–Kier alpha value is -1.05. The minimum atomic E-state index is 0.272. The normalized spacial score (nSPS) is 24.8. The molecule has 1 fully saturated rings. The maximum atomic E-state index is 9.09. The van der Waals surface area contributed by atoms with E-state index in [-0.39, 0.29) is 6.04 Å². The van der Waals surface area contributed by atoms with Crippen molar-refractivity contribution in [2.24, 2.45) is 0 Å². The molecule has 0 N–H and O–H groups in total. The first-order valence-electron chi connectivity index (χ1n) is 6.71. The number of nitriles is 1. The molecule has 0 amide bonds. The summed E-state index contributed by atoms with van der Waals surface area (Å²) in [5.74, 6) is 0. The van der Waals surface area contributed by atoms with E-state index in [1.807, 2.05) is 0 Å². The van der Waals surface area contributed by atoms with Gasteiger partial charge in [0.25, 0.3) is 0 Å². The molecular weight excluding hydrogens is 302 g/mol. The fourth-order valence-corrected chi connectivity index (χ4v) is 3.06. The van der Waals surface area contributed by atoms with Crippen LogP contribution in [0.1, 0.15) is 19.8 Å². The number of hydrogen-bond donors (Lipinski definition) is 0. The number of likely N-dealkylation sites (N-methyl/N-ethyl adjacent to an activating group) is 1. The topological polar surface area (TPSA) is 30.3 Å². The van der Waals surface area contributed by atoms with E-state index in [0.29, 0.717) is 12.5 Å². The lowest BCUT2D eigenvalue weighted by atomic mass is 10.1. The average Bonchev–Trinajstić information content (AvgIpc) is 2.51. The van der Waals surface area contributed by atoms with Crippen LogP contribution in [0, 0.1) is 11.3 Å². The number of nitrogens with zero attached hydrogens (tertiary/aromatic N) is 3. The zero-order valence-electron chi connectivity index (χ0n) is 11.5. The summed E-state index contributed by atoms with van der Waals surface area (Å²) in [5, 5.41) is 9.09. The second-order valence-corrected chi connectivity index (χ2v) is 6.22. The minimum absolute atomic E-state index is 0.272. The van der Waals surface area contributed by atoms with Gasteiger partial charge >= 0.3 is 0 Å². The molecule has 1 aliphatic rings. The Bertz CT molecular complexity index is 451. The van der Waals surface area contributed by atoms with E-state index < -0.39 is 0 Å². The molecule has 4 heteroatoms. The molecule has 0 aromatic heterocycles. The molecule has 2 unspecified atom stereocenters. The second-order valence-electron chi connectivity index (χ2n) is 5.30. The second kappa shape index (κ2) is 6.40. The van der Waals surface area contributed by atoms with Crippen LogP contribution in [-0.4, -0.2) is 37.1 Å². The molecule has 1 aromatic rings. The molecule has 19 heavy (non-hydrogen) atoms. The number of rotatable bonds is 2. The van der Waals surface area contributed by atoms with Gasteiger partial charge in [-0.25, -0.2) is 0 Å². The maximum absolute atomic E-state index is 9.09. The van der Waals surface area contributed by atoms with Gasteiger partial charge in [0.2, 0.25) is 0 Å². The van der Waals surface area contributed by atoms with Crippen LogP contribution in [-0.2, 0) is 0 Å². The Labute approximate surface area is 123 Å². The van der Waals surface area contributed by atoms with Crippen molar-refractivity contribution in [2.45, 2.75) is 31.8 Å². The van der Waals surface area contributed by atoms with Gasteiger partial charge in [-0.1, -0.05) is 15.9 Å². The van der Waals surface area contributed by atoms with Crippen LogP contribution in [0.15, 0.2) is 28.7 Å². The molecule has 1 aliphatic heterocycles. The molecule has 0 saturated carbocycles. The number of anilines is 1. The first kappa shape index (κ1) is 14.4. The van der Waals surface area contributed by atoms with Gasteiger partial charge in [0.1, 0.15) is 0 Å². The van der Waals surface area contributed by atoms with Gasteiger partial charge in [-0.2, -0.15) is 5.26 Å². The van der Waals surface area contributed by atoms with E-state index in [9.17, 15) is 0 Å². The summed E-state index contributed by atoms with van der Waals surface area (Å²) >= 11 is 3.48. The molecule has 1 heterocycles. The Morgan fingerprint density at radius 2 is 2.05 bits per heavy atom. The van der Waals surface area contributed by atoms with Gasteiger partial charge < -0.3 is 9.80 Å². The Morgan fingerprint density at radius 1 is 1.37 bits per heavy atom. The zero-order chi connectivity index (χ0) is 13.8. The highest BCUT2D eigenvalue weighted by molar-refractivity contribution is 9.10. The van der Waals surface area contributed by atoms with E-state index in [1.165, 1.54) is 5.69 Å². The van der Waals surface area contributed by atoms with Crippen LogP contribution in [0.25, 0.3) is 0 Å². The fraction of sp³-hybridized carbons (Fsp3) is 0.533. The number of halogens is 1. The summed E-state index contributed by atoms with van der Waals surface area (Å²) in [7, 11) is 2.14. The summed E-state index contributed by atoms with van der Waals surface area (Å²) in [4.78, 5) is 4.75. The van der Waals surface area contributed by atoms with Gasteiger partial charge in [0, 0.05) is 22.7 Å². The van der Waals surface area contributed by atoms with Gasteiger partial charge in [-0.05, 0) is 51.2 Å². The Balaban J connectivity index is 2.30. The van der Waals surface area contributed by atoms with Gasteiger partial charge in [0.15, 0.2) is 0 Å². The van der Waals surface area contributed by atoms with Crippen molar-refractivity contribution in [3.8, 4) is 6.07 Å². The minimum Gasteiger partial charge on any atom is -0.363 e. The third kappa shape index (κ3) is 3.49. The molecule has 1 aromatic carbocycles. The summed E-state index contributed by atoms with van der Waals surface area (Å²) in [6, 6.07) is 11.5. The van der Waals surface area contributed by atoms with Crippen molar-refractivity contribution in [1.29, 1.82) is 5.26 Å². The molecule has 0 spiro atoms. The van der Waals surface area contributed by atoms with Crippen molar-refractivity contribution in [1.82, 2.24) is 4.90 Å². The van der Waals surface area contributed by atoms with Crippen molar-refractivity contribution in [3.63, 3.8) is 0 Å². The average molecular weight is 322 g/mol. The van der Waals surface area contributed by atoms with Gasteiger partial charge in [-0.15, -0.1) is 0 Å². The third-order valence-corrected chi connectivity index (χ3v) is 4.30. The number of benzene rings is 1. The lowest BCUT2D eigenvalue weighted by Crippen LogP contribution is -2.43. The SMILES string of the molecule is CC1CCN(C)CC(CC#N)N1c1ccc(Br)cc1. The molecule has 2 atom stereocenters. The monoisotopic (exact) mass is 321 g/mol. The lowest BCUT2D eigenvalue weighted by Gasteiger charge is -2.36. The molecule has 1 saturated heterocycles. The first-order chi connectivity index (χ1) is 9.11. The van der Waals surface area contributed by atoms with Gasteiger partial charge in [0.05, 0.1) is 18.5 Å². The summed E-state index contributed by atoms with van der Waals surface area (Å²) in [6.07, 6.45) is 1.71. The van der Waals surface area contributed by atoms with Crippen LogP contribution >= 0.6 is 15.9 Å². The van der Waals surface area contributed by atoms with Crippen LogP contribution < -0.4 is 4.90 Å². The van der Waals surface area contributed by atoms with Crippen LogP contribution in [0.5, 0.6) is 0 Å². The standard InChI is InChI=1S/C15H20BrN3/c1-12-8-10-18(2)11-15(7-9-17)19(12)14-5-3-13(16)4-6-14/h3-6,12,15H,7-8,10-11H2,1-2H3. The summed E-state index contributed by atoms with van der Waals surface area (Å²) in [6.45, 7) is 4.30. The molecule has 0 aliphatic carbocycles. The summed E-state index contributed by atoms with van der Waals surface area (Å²) in [5.41, 5.74) is 1.21. The summed E-state index contributed by atoms with van der Waals surface area (Å²) < 4.78 is 1.09. The molecule has 0 radical (unpaired) electrons. The van der Waals surface area contributed by atoms with Crippen LogP contribution in [0.4, 0.5) is 5.69 Å². The fourth-order valence-electron chi connectivity index (χ4n) is 2.79.